The van der Waals surface area contributed by atoms with Crippen molar-refractivity contribution in [3.8, 4) is 17.2 Å². The van der Waals surface area contributed by atoms with Crippen molar-refractivity contribution in [3.05, 3.63) is 64.3 Å². The standard InChI is InChI=1S/C20H18ClN3O3S/c1-26-17-7-6-12(8-18(17)27-2)20(25)22-19-15-10-28-11-16(15)23-24(19)14-5-3-4-13(21)9-14/h3-9H,10-11H2,1-2H3,(H,22,25). The van der Waals surface area contributed by atoms with E-state index in [1.54, 1.807) is 47.8 Å². The predicted molar refractivity (Wildman–Crippen MR) is 111 cm³/mol. The number of carbonyl (C=O) groups excluding carboxylic acids is 1. The van der Waals surface area contributed by atoms with Crippen LogP contribution in [0.25, 0.3) is 5.69 Å². The quantitative estimate of drug-likeness (QED) is 0.662. The summed E-state index contributed by atoms with van der Waals surface area (Å²) in [6.45, 7) is 0. The lowest BCUT2D eigenvalue weighted by molar-refractivity contribution is 0.102. The molecule has 0 spiro atoms. The Kier molecular flexibility index (Phi) is 5.19. The molecule has 0 fully saturated rings. The van der Waals surface area contributed by atoms with Crippen LogP contribution >= 0.6 is 23.4 Å². The van der Waals surface area contributed by atoms with Gasteiger partial charge < -0.3 is 14.8 Å². The summed E-state index contributed by atoms with van der Waals surface area (Å²) < 4.78 is 12.3. The number of thioether (sulfide) groups is 1. The number of hydrogen-bond donors (Lipinski definition) is 1. The number of halogens is 1. The van der Waals surface area contributed by atoms with E-state index in [1.165, 1.54) is 7.11 Å². The maximum atomic E-state index is 12.9. The highest BCUT2D eigenvalue weighted by Crippen LogP contribution is 2.37. The summed E-state index contributed by atoms with van der Waals surface area (Å²) in [6.07, 6.45) is 0. The fraction of sp³-hybridized carbons (Fsp3) is 0.200. The number of methoxy groups -OCH3 is 2. The van der Waals surface area contributed by atoms with Crippen molar-refractivity contribution < 1.29 is 14.3 Å². The smallest absolute Gasteiger partial charge is 0.256 e. The highest BCUT2D eigenvalue weighted by molar-refractivity contribution is 7.98. The summed E-state index contributed by atoms with van der Waals surface area (Å²) >= 11 is 7.92. The lowest BCUT2D eigenvalue weighted by atomic mass is 10.2. The van der Waals surface area contributed by atoms with Crippen LogP contribution < -0.4 is 14.8 Å². The van der Waals surface area contributed by atoms with Gasteiger partial charge in [-0.1, -0.05) is 17.7 Å². The van der Waals surface area contributed by atoms with Gasteiger partial charge in [0.15, 0.2) is 11.5 Å². The van der Waals surface area contributed by atoms with E-state index in [2.05, 4.69) is 10.4 Å². The van der Waals surface area contributed by atoms with E-state index < -0.39 is 0 Å². The average molecular weight is 416 g/mol. The Morgan fingerprint density at radius 1 is 1.14 bits per heavy atom. The zero-order valence-corrected chi connectivity index (χ0v) is 16.9. The summed E-state index contributed by atoms with van der Waals surface area (Å²) in [7, 11) is 3.10. The molecule has 28 heavy (non-hydrogen) atoms. The van der Waals surface area contributed by atoms with Gasteiger partial charge in [0.1, 0.15) is 5.82 Å². The molecule has 1 aliphatic heterocycles. The van der Waals surface area contributed by atoms with E-state index in [1.807, 2.05) is 18.2 Å². The fourth-order valence-corrected chi connectivity index (χ4v) is 4.31. The Balaban J connectivity index is 1.71. The van der Waals surface area contributed by atoms with Crippen molar-refractivity contribution in [1.29, 1.82) is 0 Å². The Labute approximate surface area is 171 Å². The van der Waals surface area contributed by atoms with Gasteiger partial charge in [0.05, 0.1) is 25.6 Å². The Morgan fingerprint density at radius 2 is 1.96 bits per heavy atom. The maximum absolute atomic E-state index is 12.9. The third kappa shape index (κ3) is 3.43. The van der Waals surface area contributed by atoms with Gasteiger partial charge in [-0.05, 0) is 36.4 Å². The molecule has 0 saturated carbocycles. The van der Waals surface area contributed by atoms with Gasteiger partial charge >= 0.3 is 0 Å². The number of carbonyl (C=O) groups is 1. The maximum Gasteiger partial charge on any atom is 0.256 e. The second kappa shape index (κ2) is 7.77. The summed E-state index contributed by atoms with van der Waals surface area (Å²) in [5.41, 5.74) is 3.29. The van der Waals surface area contributed by atoms with Gasteiger partial charge in [-0.2, -0.15) is 16.9 Å². The molecule has 1 N–H and O–H groups in total. The highest BCUT2D eigenvalue weighted by atomic mass is 35.5. The number of ether oxygens (including phenoxy) is 2. The van der Waals surface area contributed by atoms with Gasteiger partial charge in [0.2, 0.25) is 0 Å². The largest absolute Gasteiger partial charge is 0.493 e. The molecule has 1 aliphatic rings. The molecule has 1 aromatic heterocycles. The number of hydrogen-bond acceptors (Lipinski definition) is 5. The van der Waals surface area contributed by atoms with Gasteiger partial charge in [-0.25, -0.2) is 4.68 Å². The van der Waals surface area contributed by atoms with E-state index in [-0.39, 0.29) is 5.91 Å². The number of rotatable bonds is 5. The second-order valence-corrected chi connectivity index (χ2v) is 7.60. The molecule has 0 saturated heterocycles. The molecule has 0 unspecified atom stereocenters. The lowest BCUT2D eigenvalue weighted by Gasteiger charge is -2.13. The van der Waals surface area contributed by atoms with Crippen molar-refractivity contribution in [2.75, 3.05) is 19.5 Å². The highest BCUT2D eigenvalue weighted by Gasteiger charge is 2.25. The first kappa shape index (κ1) is 18.7. The molecule has 1 amide bonds. The monoisotopic (exact) mass is 415 g/mol. The Morgan fingerprint density at radius 3 is 2.71 bits per heavy atom. The van der Waals surface area contributed by atoms with Crippen LogP contribution in [0.2, 0.25) is 5.02 Å². The molecular weight excluding hydrogens is 398 g/mol. The normalized spacial score (nSPS) is 12.5. The van der Waals surface area contributed by atoms with Gasteiger partial charge in [0, 0.05) is 27.7 Å². The molecule has 0 radical (unpaired) electrons. The van der Waals surface area contributed by atoms with Crippen molar-refractivity contribution in [1.82, 2.24) is 9.78 Å². The lowest BCUT2D eigenvalue weighted by Crippen LogP contribution is -2.16. The second-order valence-electron chi connectivity index (χ2n) is 6.18. The number of anilines is 1. The van der Waals surface area contributed by atoms with Crippen molar-refractivity contribution in [2.45, 2.75) is 11.5 Å². The zero-order chi connectivity index (χ0) is 19.7. The number of nitrogens with zero attached hydrogens (tertiary/aromatic N) is 2. The number of benzene rings is 2. The first-order valence-electron chi connectivity index (χ1n) is 8.58. The number of fused-ring (bicyclic) bond motifs is 1. The van der Waals surface area contributed by atoms with Crippen LogP contribution in [0.3, 0.4) is 0 Å². The molecule has 0 bridgehead atoms. The molecule has 0 aliphatic carbocycles. The van der Waals surface area contributed by atoms with Crippen LogP contribution in [0.1, 0.15) is 21.6 Å². The predicted octanol–water partition coefficient (Wildman–Crippen LogP) is 4.54. The number of aromatic nitrogens is 2. The average Bonchev–Trinajstić information content (AvgIpc) is 3.30. The first-order chi connectivity index (χ1) is 13.6. The third-order valence-corrected chi connectivity index (χ3v) is 5.69. The topological polar surface area (TPSA) is 65.4 Å². The molecule has 4 rings (SSSR count). The molecule has 2 aromatic carbocycles. The Bertz CT molecular complexity index is 1050. The van der Waals surface area contributed by atoms with Crippen LogP contribution in [-0.4, -0.2) is 29.9 Å². The molecule has 6 nitrogen and oxygen atoms in total. The van der Waals surface area contributed by atoms with Crippen LogP contribution in [-0.2, 0) is 11.5 Å². The minimum absolute atomic E-state index is 0.246. The van der Waals surface area contributed by atoms with Crippen LogP contribution in [0.15, 0.2) is 42.5 Å². The molecule has 8 heteroatoms. The number of amides is 1. The summed E-state index contributed by atoms with van der Waals surface area (Å²) in [4.78, 5) is 12.9. The van der Waals surface area contributed by atoms with Crippen molar-refractivity contribution in [2.24, 2.45) is 0 Å². The Hall–Kier alpha value is -2.64. The molecule has 3 aromatic rings. The summed E-state index contributed by atoms with van der Waals surface area (Å²) in [5.74, 6) is 3.12. The van der Waals surface area contributed by atoms with Crippen LogP contribution in [0.4, 0.5) is 5.82 Å². The first-order valence-corrected chi connectivity index (χ1v) is 10.1. The summed E-state index contributed by atoms with van der Waals surface area (Å²) in [6, 6.07) is 12.5. The van der Waals surface area contributed by atoms with Crippen LogP contribution in [0, 0.1) is 0 Å². The van der Waals surface area contributed by atoms with Crippen molar-refractivity contribution in [3.63, 3.8) is 0 Å². The van der Waals surface area contributed by atoms with E-state index in [0.29, 0.717) is 27.9 Å². The SMILES string of the molecule is COc1ccc(C(=O)Nc2c3c(nn2-c2cccc(Cl)c2)CSC3)cc1OC. The van der Waals surface area contributed by atoms with E-state index in [0.717, 1.165) is 28.5 Å². The van der Waals surface area contributed by atoms with Crippen molar-refractivity contribution >= 4 is 35.1 Å². The molecular formula is C20H18ClN3O3S. The van der Waals surface area contributed by atoms with E-state index in [4.69, 9.17) is 21.1 Å². The molecule has 144 valence electrons. The third-order valence-electron chi connectivity index (χ3n) is 4.48. The van der Waals surface area contributed by atoms with Gasteiger partial charge in [-0.3, -0.25) is 4.79 Å². The number of nitrogens with one attached hydrogen (secondary N) is 1. The molecule has 2 heterocycles. The summed E-state index contributed by atoms with van der Waals surface area (Å²) in [5, 5.41) is 8.32. The van der Waals surface area contributed by atoms with E-state index in [9.17, 15) is 4.79 Å². The van der Waals surface area contributed by atoms with Gasteiger partial charge in [-0.15, -0.1) is 0 Å². The zero-order valence-electron chi connectivity index (χ0n) is 15.4. The van der Waals surface area contributed by atoms with E-state index >= 15 is 0 Å². The minimum Gasteiger partial charge on any atom is -0.493 e. The molecule has 0 atom stereocenters. The van der Waals surface area contributed by atoms with Crippen LogP contribution in [0.5, 0.6) is 11.5 Å². The fourth-order valence-electron chi connectivity index (χ4n) is 3.09. The van der Waals surface area contributed by atoms with Gasteiger partial charge in [0.25, 0.3) is 5.91 Å². The minimum atomic E-state index is -0.246.